The van der Waals surface area contributed by atoms with E-state index in [0.29, 0.717) is 22.1 Å². The smallest absolute Gasteiger partial charge is 0.507 e. The summed E-state index contributed by atoms with van der Waals surface area (Å²) in [6, 6.07) is 20.8. The largest absolute Gasteiger partial charge is 0.511 e. The van der Waals surface area contributed by atoms with Gasteiger partial charge in [-0.3, -0.25) is 0 Å². The minimum Gasteiger partial charge on any atom is -0.507 e. The summed E-state index contributed by atoms with van der Waals surface area (Å²) < 4.78 is 10.4. The van der Waals surface area contributed by atoms with Crippen LogP contribution in [0.3, 0.4) is 0 Å². The first-order valence-corrected chi connectivity index (χ1v) is 11.5. The molecule has 0 unspecified atom stereocenters. The number of aromatic amines is 1. The van der Waals surface area contributed by atoms with E-state index in [9.17, 15) is 9.90 Å². The van der Waals surface area contributed by atoms with Gasteiger partial charge in [0.05, 0.1) is 18.0 Å². The molecule has 4 aromatic carbocycles. The summed E-state index contributed by atoms with van der Waals surface area (Å²) in [4.78, 5) is 19.0. The van der Waals surface area contributed by atoms with Crippen LogP contribution >= 0.6 is 0 Å². The minimum absolute atomic E-state index is 0.0416. The van der Waals surface area contributed by atoms with E-state index >= 15 is 0 Å². The summed E-state index contributed by atoms with van der Waals surface area (Å²) in [5.41, 5.74) is 5.47. The number of carbonyl (C=O) groups is 1. The standard InChI is InChI=1S/C29H26N2O5/c1-29(2,3)19-9-5-16(6-10-19)21-14-18(8-12-24(21)35-4)27-30-22-11-7-17-13-20(36-28(33)34)15-23(32)25(17)26(22)31-27/h5-15,32H,1-4H3,(H,30,31)(H,33,34). The Morgan fingerprint density at radius 2 is 1.67 bits per heavy atom. The van der Waals surface area contributed by atoms with Crippen LogP contribution in [0.1, 0.15) is 26.3 Å². The molecule has 0 saturated carbocycles. The molecule has 1 aromatic heterocycles. The van der Waals surface area contributed by atoms with Crippen LogP contribution in [0.25, 0.3) is 44.3 Å². The molecule has 182 valence electrons. The van der Waals surface area contributed by atoms with E-state index in [0.717, 1.165) is 28.0 Å². The number of aromatic hydroxyl groups is 1. The molecule has 0 aliphatic rings. The van der Waals surface area contributed by atoms with Gasteiger partial charge in [0.25, 0.3) is 0 Å². The average Bonchev–Trinajstić information content (AvgIpc) is 3.27. The number of fused-ring (bicyclic) bond motifs is 3. The topological polar surface area (TPSA) is 105 Å². The number of ether oxygens (including phenoxy) is 2. The van der Waals surface area contributed by atoms with Crippen molar-refractivity contribution in [2.24, 2.45) is 0 Å². The Morgan fingerprint density at radius 3 is 2.33 bits per heavy atom. The first-order chi connectivity index (χ1) is 17.1. The molecule has 1 heterocycles. The number of nitrogens with zero attached hydrogens (tertiary/aromatic N) is 1. The maximum Gasteiger partial charge on any atom is 0.511 e. The summed E-state index contributed by atoms with van der Waals surface area (Å²) in [5, 5.41) is 20.7. The zero-order chi connectivity index (χ0) is 25.6. The SMILES string of the molecule is COc1ccc(-c2nc3c(ccc4cc(OC(=O)O)cc(O)c43)[nH]2)cc1-c1ccc(C(C)(C)C)cc1. The molecule has 3 N–H and O–H groups in total. The maximum absolute atomic E-state index is 10.9. The number of nitrogens with one attached hydrogen (secondary N) is 1. The molecule has 5 aromatic rings. The Balaban J connectivity index is 1.60. The van der Waals surface area contributed by atoms with Crippen molar-refractivity contribution in [1.82, 2.24) is 9.97 Å². The lowest BCUT2D eigenvalue weighted by Crippen LogP contribution is -2.10. The van der Waals surface area contributed by atoms with Crippen molar-refractivity contribution < 1.29 is 24.5 Å². The van der Waals surface area contributed by atoms with E-state index in [1.807, 2.05) is 24.3 Å². The molecule has 0 amide bonds. The lowest BCUT2D eigenvalue weighted by molar-refractivity contribution is 0.144. The number of phenolic OH excluding ortho intramolecular Hbond substituents is 1. The van der Waals surface area contributed by atoms with E-state index in [1.54, 1.807) is 19.2 Å². The van der Waals surface area contributed by atoms with Gasteiger partial charge in [0, 0.05) is 17.2 Å². The minimum atomic E-state index is -1.44. The number of hydrogen-bond donors (Lipinski definition) is 3. The Kier molecular flexibility index (Phi) is 5.55. The third-order valence-corrected chi connectivity index (χ3v) is 6.26. The van der Waals surface area contributed by atoms with Gasteiger partial charge in [-0.25, -0.2) is 9.78 Å². The van der Waals surface area contributed by atoms with Gasteiger partial charge in [-0.2, -0.15) is 0 Å². The molecule has 0 fully saturated rings. The fourth-order valence-electron chi connectivity index (χ4n) is 4.41. The molecule has 0 atom stereocenters. The third kappa shape index (κ3) is 4.20. The number of hydrogen-bond acceptors (Lipinski definition) is 5. The highest BCUT2D eigenvalue weighted by Gasteiger charge is 2.17. The zero-order valence-corrected chi connectivity index (χ0v) is 20.4. The number of methoxy groups -OCH3 is 1. The van der Waals surface area contributed by atoms with Crippen molar-refractivity contribution in [3.8, 4) is 39.8 Å². The Morgan fingerprint density at radius 1 is 0.944 bits per heavy atom. The van der Waals surface area contributed by atoms with Crippen LogP contribution in [0.2, 0.25) is 0 Å². The number of rotatable bonds is 4. The fraction of sp³-hybridized carbons (Fsp3) is 0.172. The number of aromatic nitrogens is 2. The molecular formula is C29H26N2O5. The summed E-state index contributed by atoms with van der Waals surface area (Å²) in [6.07, 6.45) is -1.44. The van der Waals surface area contributed by atoms with Crippen LogP contribution in [-0.4, -0.2) is 33.4 Å². The fourth-order valence-corrected chi connectivity index (χ4v) is 4.41. The number of H-pyrrole nitrogens is 1. The first kappa shape index (κ1) is 23.2. The van der Waals surface area contributed by atoms with Crippen LogP contribution in [0.15, 0.2) is 66.7 Å². The van der Waals surface area contributed by atoms with Gasteiger partial charge in [0.15, 0.2) is 0 Å². The van der Waals surface area contributed by atoms with Crippen molar-refractivity contribution in [2.75, 3.05) is 7.11 Å². The lowest BCUT2D eigenvalue weighted by Gasteiger charge is -2.19. The molecular weight excluding hydrogens is 456 g/mol. The molecule has 7 nitrogen and oxygen atoms in total. The molecule has 0 radical (unpaired) electrons. The highest BCUT2D eigenvalue weighted by atomic mass is 16.7. The summed E-state index contributed by atoms with van der Waals surface area (Å²) in [6.45, 7) is 6.56. The van der Waals surface area contributed by atoms with Gasteiger partial charge in [-0.1, -0.05) is 51.1 Å². The molecule has 0 aliphatic heterocycles. The Hall–Kier alpha value is -4.52. The van der Waals surface area contributed by atoms with Gasteiger partial charge < -0.3 is 24.7 Å². The summed E-state index contributed by atoms with van der Waals surface area (Å²) in [7, 11) is 1.65. The lowest BCUT2D eigenvalue weighted by atomic mass is 9.86. The second kappa shape index (κ2) is 8.61. The van der Waals surface area contributed by atoms with Gasteiger partial charge in [-0.15, -0.1) is 0 Å². The first-order valence-electron chi connectivity index (χ1n) is 11.5. The average molecular weight is 483 g/mol. The second-order valence-corrected chi connectivity index (χ2v) is 9.70. The number of imidazole rings is 1. The van der Waals surface area contributed by atoms with Crippen molar-refractivity contribution in [2.45, 2.75) is 26.2 Å². The number of phenols is 1. The van der Waals surface area contributed by atoms with Gasteiger partial charge in [0.1, 0.15) is 28.6 Å². The zero-order valence-electron chi connectivity index (χ0n) is 20.4. The van der Waals surface area contributed by atoms with E-state index in [-0.39, 0.29) is 16.9 Å². The van der Waals surface area contributed by atoms with Crippen molar-refractivity contribution in [3.05, 3.63) is 72.3 Å². The molecule has 0 bridgehead atoms. The van der Waals surface area contributed by atoms with Crippen LogP contribution < -0.4 is 9.47 Å². The number of benzene rings is 4. The van der Waals surface area contributed by atoms with Gasteiger partial charge in [-0.05, 0) is 52.3 Å². The van der Waals surface area contributed by atoms with E-state index in [1.165, 1.54) is 11.6 Å². The predicted octanol–water partition coefficient (Wildman–Crippen LogP) is 7.12. The highest BCUT2D eigenvalue weighted by Crippen LogP contribution is 2.38. The van der Waals surface area contributed by atoms with Crippen LogP contribution in [-0.2, 0) is 5.41 Å². The van der Waals surface area contributed by atoms with Crippen LogP contribution in [0.4, 0.5) is 4.79 Å². The number of carboxylic acid groups (broad SMARTS) is 1. The highest BCUT2D eigenvalue weighted by molar-refractivity contribution is 6.08. The van der Waals surface area contributed by atoms with E-state index in [2.05, 4.69) is 50.0 Å². The monoisotopic (exact) mass is 482 g/mol. The Bertz CT molecular complexity index is 1610. The third-order valence-electron chi connectivity index (χ3n) is 6.26. The molecule has 36 heavy (non-hydrogen) atoms. The van der Waals surface area contributed by atoms with E-state index < -0.39 is 6.16 Å². The van der Waals surface area contributed by atoms with Crippen LogP contribution in [0, 0.1) is 0 Å². The van der Waals surface area contributed by atoms with E-state index in [4.69, 9.17) is 19.6 Å². The predicted molar refractivity (Wildman–Crippen MR) is 140 cm³/mol. The Labute approximate surface area is 208 Å². The summed E-state index contributed by atoms with van der Waals surface area (Å²) in [5.74, 6) is 1.33. The van der Waals surface area contributed by atoms with Crippen LogP contribution in [0.5, 0.6) is 17.2 Å². The van der Waals surface area contributed by atoms with Gasteiger partial charge >= 0.3 is 6.16 Å². The van der Waals surface area contributed by atoms with Gasteiger partial charge in [0.2, 0.25) is 0 Å². The maximum atomic E-state index is 10.9. The van der Waals surface area contributed by atoms with Crippen molar-refractivity contribution in [1.29, 1.82) is 0 Å². The molecule has 0 aliphatic carbocycles. The second-order valence-electron chi connectivity index (χ2n) is 9.70. The molecule has 5 rings (SSSR count). The quantitative estimate of drug-likeness (QED) is 0.186. The molecule has 0 spiro atoms. The van der Waals surface area contributed by atoms with Crippen molar-refractivity contribution >= 4 is 28.0 Å². The molecule has 0 saturated heterocycles. The normalized spacial score (nSPS) is 11.7. The van der Waals surface area contributed by atoms with Crippen molar-refractivity contribution in [3.63, 3.8) is 0 Å². The molecule has 7 heteroatoms. The summed E-state index contributed by atoms with van der Waals surface area (Å²) >= 11 is 0.